The Kier molecular flexibility index (Phi) is 5.62. The molecule has 0 unspecified atom stereocenters. The van der Waals surface area contributed by atoms with Crippen molar-refractivity contribution in [1.29, 1.82) is 0 Å². The molecule has 28 heavy (non-hydrogen) atoms. The van der Waals surface area contributed by atoms with Crippen LogP contribution in [0, 0.1) is 11.8 Å². The fourth-order valence-corrected chi connectivity index (χ4v) is 3.41. The van der Waals surface area contributed by atoms with Gasteiger partial charge in [-0.3, -0.25) is 4.79 Å². The van der Waals surface area contributed by atoms with Crippen LogP contribution in [0.1, 0.15) is 23.3 Å². The lowest BCUT2D eigenvalue weighted by atomic mass is 9.81. The summed E-state index contributed by atoms with van der Waals surface area (Å²) in [6.45, 7) is -0.0693. The van der Waals surface area contributed by atoms with Gasteiger partial charge in [0, 0.05) is 5.92 Å². The second kappa shape index (κ2) is 7.95. The minimum Gasteiger partial charge on any atom is -0.504 e. The predicted molar refractivity (Wildman–Crippen MR) is 97.2 cm³/mol. The maximum absolute atomic E-state index is 12.3. The number of esters is 1. The van der Waals surface area contributed by atoms with Crippen LogP contribution in [-0.2, 0) is 9.53 Å². The first-order valence-corrected chi connectivity index (χ1v) is 8.64. The molecule has 1 fully saturated rings. The maximum atomic E-state index is 12.3. The summed E-state index contributed by atoms with van der Waals surface area (Å²) in [5, 5.41) is 41.1. The van der Waals surface area contributed by atoms with Crippen LogP contribution in [0.15, 0.2) is 36.4 Å². The molecule has 1 aliphatic heterocycles. The van der Waals surface area contributed by atoms with E-state index in [1.165, 1.54) is 50.6 Å². The van der Waals surface area contributed by atoms with Crippen LogP contribution >= 0.6 is 0 Å². The van der Waals surface area contributed by atoms with E-state index in [9.17, 15) is 25.2 Å². The number of cyclic esters (lactones) is 1. The molecule has 8 nitrogen and oxygen atoms in total. The van der Waals surface area contributed by atoms with Crippen molar-refractivity contribution in [3.63, 3.8) is 0 Å². The SMILES string of the molecule is COc1cc([C@H](O)[C@H]2COC(=O)[C@@H]2[C@@H](O)c2ccc(O)c(OC)c2)ccc1O. The van der Waals surface area contributed by atoms with E-state index in [2.05, 4.69) is 0 Å². The topological polar surface area (TPSA) is 126 Å². The fourth-order valence-electron chi connectivity index (χ4n) is 3.41. The number of aliphatic hydroxyl groups excluding tert-OH is 2. The first kappa shape index (κ1) is 19.8. The number of phenols is 2. The van der Waals surface area contributed by atoms with Crippen molar-refractivity contribution in [2.45, 2.75) is 12.2 Å². The van der Waals surface area contributed by atoms with Crippen LogP contribution in [0.3, 0.4) is 0 Å². The third kappa shape index (κ3) is 3.56. The molecule has 4 atom stereocenters. The standard InChI is InChI=1S/C20H22O8/c1-26-15-7-10(3-5-13(15)21)18(23)12-9-28-20(25)17(12)19(24)11-4-6-14(22)16(8-11)27-2/h3-8,12,17-19,21-24H,9H2,1-2H3/t12-,17-,18-,19-/m0/s1. The van der Waals surface area contributed by atoms with Gasteiger partial charge in [-0.05, 0) is 35.4 Å². The van der Waals surface area contributed by atoms with Gasteiger partial charge in [0.25, 0.3) is 0 Å². The quantitative estimate of drug-likeness (QED) is 0.549. The highest BCUT2D eigenvalue weighted by atomic mass is 16.5. The number of rotatable bonds is 6. The van der Waals surface area contributed by atoms with Gasteiger partial charge >= 0.3 is 5.97 Å². The molecule has 0 spiro atoms. The number of benzene rings is 2. The molecule has 150 valence electrons. The van der Waals surface area contributed by atoms with Gasteiger partial charge in [-0.15, -0.1) is 0 Å². The average Bonchev–Trinajstić information content (AvgIpc) is 3.09. The summed E-state index contributed by atoms with van der Waals surface area (Å²) >= 11 is 0. The zero-order valence-electron chi connectivity index (χ0n) is 15.4. The fraction of sp³-hybridized carbons (Fsp3) is 0.350. The number of aliphatic hydroxyl groups is 2. The number of phenolic OH excluding ortho intramolecular Hbond substituents is 2. The molecule has 0 aromatic heterocycles. The summed E-state index contributed by atoms with van der Waals surface area (Å²) in [6, 6.07) is 8.62. The largest absolute Gasteiger partial charge is 0.504 e. The number of carbonyl (C=O) groups excluding carboxylic acids is 1. The van der Waals surface area contributed by atoms with E-state index in [1.54, 1.807) is 0 Å². The summed E-state index contributed by atoms with van der Waals surface area (Å²) in [5.41, 5.74) is 0.762. The van der Waals surface area contributed by atoms with E-state index in [4.69, 9.17) is 14.2 Å². The molecular formula is C20H22O8. The van der Waals surface area contributed by atoms with Crippen molar-refractivity contribution in [2.75, 3.05) is 20.8 Å². The Morgan fingerprint density at radius 2 is 1.43 bits per heavy atom. The Morgan fingerprint density at radius 3 is 1.93 bits per heavy atom. The van der Waals surface area contributed by atoms with Crippen molar-refractivity contribution < 1.29 is 39.4 Å². The second-order valence-corrected chi connectivity index (χ2v) is 6.57. The highest BCUT2D eigenvalue weighted by Crippen LogP contribution is 2.43. The summed E-state index contributed by atoms with van der Waals surface area (Å²) < 4.78 is 15.2. The molecule has 3 rings (SSSR count). The van der Waals surface area contributed by atoms with Crippen molar-refractivity contribution in [3.8, 4) is 23.0 Å². The molecule has 0 amide bonds. The Morgan fingerprint density at radius 1 is 0.929 bits per heavy atom. The molecule has 1 heterocycles. The number of carbonyl (C=O) groups is 1. The monoisotopic (exact) mass is 390 g/mol. The van der Waals surface area contributed by atoms with E-state index in [0.29, 0.717) is 11.1 Å². The van der Waals surface area contributed by atoms with Gasteiger partial charge in [0.1, 0.15) is 0 Å². The number of aromatic hydroxyl groups is 2. The van der Waals surface area contributed by atoms with Gasteiger partial charge in [0.15, 0.2) is 23.0 Å². The average molecular weight is 390 g/mol. The van der Waals surface area contributed by atoms with Gasteiger partial charge in [-0.1, -0.05) is 12.1 Å². The zero-order chi connectivity index (χ0) is 20.4. The van der Waals surface area contributed by atoms with Crippen molar-refractivity contribution in [3.05, 3.63) is 47.5 Å². The van der Waals surface area contributed by atoms with Crippen molar-refractivity contribution in [2.24, 2.45) is 11.8 Å². The minimum absolute atomic E-state index is 0.0693. The van der Waals surface area contributed by atoms with Gasteiger partial charge in [-0.25, -0.2) is 0 Å². The molecular weight excluding hydrogens is 368 g/mol. The summed E-state index contributed by atoms with van der Waals surface area (Å²) in [6.07, 6.45) is -2.41. The van der Waals surface area contributed by atoms with Crippen molar-refractivity contribution in [1.82, 2.24) is 0 Å². The summed E-state index contributed by atoms with van der Waals surface area (Å²) in [5.74, 6) is -2.22. The summed E-state index contributed by atoms with van der Waals surface area (Å²) in [4.78, 5) is 12.3. The van der Waals surface area contributed by atoms with E-state index in [-0.39, 0.29) is 29.6 Å². The summed E-state index contributed by atoms with van der Waals surface area (Å²) in [7, 11) is 2.76. The number of ether oxygens (including phenoxy) is 3. The second-order valence-electron chi connectivity index (χ2n) is 6.57. The first-order chi connectivity index (χ1) is 13.4. The van der Waals surface area contributed by atoms with Crippen LogP contribution < -0.4 is 9.47 Å². The van der Waals surface area contributed by atoms with Crippen LogP contribution in [-0.4, -0.2) is 47.2 Å². The number of methoxy groups -OCH3 is 2. The Hall–Kier alpha value is -2.97. The van der Waals surface area contributed by atoms with Gasteiger partial charge in [-0.2, -0.15) is 0 Å². The first-order valence-electron chi connectivity index (χ1n) is 8.64. The molecule has 8 heteroatoms. The highest BCUT2D eigenvalue weighted by Gasteiger charge is 2.46. The highest BCUT2D eigenvalue weighted by molar-refractivity contribution is 5.76. The lowest BCUT2D eigenvalue weighted by molar-refractivity contribution is -0.144. The zero-order valence-corrected chi connectivity index (χ0v) is 15.4. The normalized spacial score (nSPS) is 21.1. The smallest absolute Gasteiger partial charge is 0.312 e. The van der Waals surface area contributed by atoms with Crippen molar-refractivity contribution >= 4 is 5.97 Å². The molecule has 0 bridgehead atoms. The molecule has 0 radical (unpaired) electrons. The molecule has 0 saturated carbocycles. The number of hydrogen-bond donors (Lipinski definition) is 4. The molecule has 4 N–H and O–H groups in total. The van der Waals surface area contributed by atoms with Crippen LogP contribution in [0.2, 0.25) is 0 Å². The maximum Gasteiger partial charge on any atom is 0.312 e. The van der Waals surface area contributed by atoms with Gasteiger partial charge in [0.2, 0.25) is 0 Å². The molecule has 1 saturated heterocycles. The molecule has 0 aliphatic carbocycles. The van der Waals surface area contributed by atoms with E-state index in [0.717, 1.165) is 0 Å². The lowest BCUT2D eigenvalue weighted by Gasteiger charge is -2.26. The lowest BCUT2D eigenvalue weighted by Crippen LogP contribution is -2.28. The van der Waals surface area contributed by atoms with Crippen LogP contribution in [0.5, 0.6) is 23.0 Å². The molecule has 1 aliphatic rings. The minimum atomic E-state index is -1.27. The molecule has 2 aromatic carbocycles. The predicted octanol–water partition coefficient (Wildman–Crippen LogP) is 1.67. The third-order valence-corrected chi connectivity index (χ3v) is 4.99. The third-order valence-electron chi connectivity index (χ3n) is 4.99. The van der Waals surface area contributed by atoms with Gasteiger partial charge < -0.3 is 34.6 Å². The van der Waals surface area contributed by atoms with Crippen LogP contribution in [0.4, 0.5) is 0 Å². The van der Waals surface area contributed by atoms with Crippen LogP contribution in [0.25, 0.3) is 0 Å². The van der Waals surface area contributed by atoms with E-state index in [1.807, 2.05) is 0 Å². The Labute approximate surface area is 161 Å². The number of hydrogen-bond acceptors (Lipinski definition) is 8. The Bertz CT molecular complexity index is 865. The Balaban J connectivity index is 1.90. The van der Waals surface area contributed by atoms with E-state index >= 15 is 0 Å². The molecule has 2 aromatic rings. The van der Waals surface area contributed by atoms with Gasteiger partial charge in [0.05, 0.1) is 39.0 Å². The van der Waals surface area contributed by atoms with E-state index < -0.39 is 30.0 Å².